The summed E-state index contributed by atoms with van der Waals surface area (Å²) in [6.07, 6.45) is 0.854. The lowest BCUT2D eigenvalue weighted by Gasteiger charge is -2.13. The molecule has 1 aromatic heterocycles. The van der Waals surface area contributed by atoms with Gasteiger partial charge >= 0.3 is 5.97 Å². The molecule has 162 valence electrons. The first-order valence-corrected chi connectivity index (χ1v) is 10.1. The molecule has 0 atom stereocenters. The van der Waals surface area contributed by atoms with Gasteiger partial charge in [-0.25, -0.2) is 4.98 Å². The molecule has 8 heteroatoms. The minimum atomic E-state index is -0.558. The number of nitrogens with zero attached hydrogens (tertiary/aromatic N) is 2. The molecule has 0 aliphatic heterocycles. The molecule has 0 bridgehead atoms. The number of para-hydroxylation sites is 2. The molecule has 0 saturated carbocycles. The number of carbonyl (C=O) groups excluding carboxylic acids is 2. The first-order valence-electron chi connectivity index (χ1n) is 10.1. The third-order valence-electron chi connectivity index (χ3n) is 4.66. The van der Waals surface area contributed by atoms with Crippen molar-refractivity contribution in [1.82, 2.24) is 14.9 Å². The second-order valence-electron chi connectivity index (χ2n) is 6.90. The van der Waals surface area contributed by atoms with Gasteiger partial charge in [-0.2, -0.15) is 0 Å². The van der Waals surface area contributed by atoms with E-state index in [2.05, 4.69) is 10.3 Å². The van der Waals surface area contributed by atoms with E-state index in [0.29, 0.717) is 29.0 Å². The zero-order chi connectivity index (χ0) is 22.2. The Hall–Kier alpha value is -3.68. The van der Waals surface area contributed by atoms with Gasteiger partial charge in [0.2, 0.25) is 0 Å². The lowest BCUT2D eigenvalue weighted by atomic mass is 10.2. The molecule has 1 heterocycles. The number of carbonyl (C=O) groups is 2. The average Bonchev–Trinajstić information content (AvgIpc) is 2.80. The SMILES string of the molecule is CCCNC(=O)COC(=O)CCc1nc2ccccc2n(-c2ccc(OC)cc2)c1=O. The largest absolute Gasteiger partial charge is 0.497 e. The first kappa shape index (κ1) is 22.0. The van der Waals surface area contributed by atoms with Gasteiger partial charge in [-0.15, -0.1) is 0 Å². The van der Waals surface area contributed by atoms with Gasteiger partial charge in [0, 0.05) is 18.7 Å². The van der Waals surface area contributed by atoms with Crippen LogP contribution >= 0.6 is 0 Å². The van der Waals surface area contributed by atoms with Crippen molar-refractivity contribution in [2.75, 3.05) is 20.3 Å². The number of methoxy groups -OCH3 is 1. The molecule has 31 heavy (non-hydrogen) atoms. The van der Waals surface area contributed by atoms with Gasteiger partial charge in [0.05, 0.1) is 24.6 Å². The summed E-state index contributed by atoms with van der Waals surface area (Å²) in [5.41, 5.74) is 1.91. The Morgan fingerprint density at radius 1 is 1.10 bits per heavy atom. The Morgan fingerprint density at radius 3 is 2.55 bits per heavy atom. The Balaban J connectivity index is 1.81. The van der Waals surface area contributed by atoms with E-state index >= 15 is 0 Å². The minimum Gasteiger partial charge on any atom is -0.497 e. The predicted octanol–water partition coefficient (Wildman–Crippen LogP) is 2.40. The van der Waals surface area contributed by atoms with Crippen LogP contribution in [0.15, 0.2) is 53.3 Å². The fourth-order valence-corrected chi connectivity index (χ4v) is 3.08. The molecule has 1 amide bonds. The molecule has 3 aromatic rings. The van der Waals surface area contributed by atoms with E-state index < -0.39 is 5.97 Å². The summed E-state index contributed by atoms with van der Waals surface area (Å²) in [5, 5.41) is 2.63. The van der Waals surface area contributed by atoms with E-state index in [1.165, 1.54) is 0 Å². The van der Waals surface area contributed by atoms with Crippen LogP contribution in [0.1, 0.15) is 25.5 Å². The maximum Gasteiger partial charge on any atom is 0.306 e. The van der Waals surface area contributed by atoms with Crippen molar-refractivity contribution in [2.24, 2.45) is 0 Å². The average molecular weight is 423 g/mol. The van der Waals surface area contributed by atoms with Crippen LogP contribution in [-0.4, -0.2) is 41.7 Å². The number of nitrogens with one attached hydrogen (secondary N) is 1. The fraction of sp³-hybridized carbons (Fsp3) is 0.304. The molecular formula is C23H25N3O5. The summed E-state index contributed by atoms with van der Waals surface area (Å²) in [6.45, 7) is 2.13. The highest BCUT2D eigenvalue weighted by Crippen LogP contribution is 2.19. The lowest BCUT2D eigenvalue weighted by molar-refractivity contribution is -0.148. The van der Waals surface area contributed by atoms with Crippen LogP contribution in [0.2, 0.25) is 0 Å². The Kier molecular flexibility index (Phi) is 7.37. The van der Waals surface area contributed by atoms with Gasteiger partial charge in [-0.05, 0) is 42.8 Å². The molecular weight excluding hydrogens is 398 g/mol. The van der Waals surface area contributed by atoms with Crippen LogP contribution in [-0.2, 0) is 20.7 Å². The van der Waals surface area contributed by atoms with E-state index in [1.807, 2.05) is 31.2 Å². The minimum absolute atomic E-state index is 0.0513. The number of benzene rings is 2. The van der Waals surface area contributed by atoms with E-state index in [4.69, 9.17) is 9.47 Å². The van der Waals surface area contributed by atoms with Gasteiger partial charge in [0.1, 0.15) is 11.4 Å². The highest BCUT2D eigenvalue weighted by atomic mass is 16.5. The van der Waals surface area contributed by atoms with Crippen LogP contribution in [0, 0.1) is 0 Å². The Morgan fingerprint density at radius 2 is 1.84 bits per heavy atom. The third-order valence-corrected chi connectivity index (χ3v) is 4.66. The van der Waals surface area contributed by atoms with E-state index in [-0.39, 0.29) is 36.6 Å². The number of rotatable bonds is 9. The number of fused-ring (bicyclic) bond motifs is 1. The number of hydrogen-bond acceptors (Lipinski definition) is 6. The van der Waals surface area contributed by atoms with Crippen molar-refractivity contribution in [3.8, 4) is 11.4 Å². The predicted molar refractivity (Wildman–Crippen MR) is 116 cm³/mol. The number of amides is 1. The topological polar surface area (TPSA) is 99.5 Å². The van der Waals surface area contributed by atoms with Crippen molar-refractivity contribution in [2.45, 2.75) is 26.2 Å². The molecule has 0 aliphatic carbocycles. The summed E-state index contributed by atoms with van der Waals surface area (Å²) in [7, 11) is 1.58. The second-order valence-corrected chi connectivity index (χ2v) is 6.90. The van der Waals surface area contributed by atoms with Crippen LogP contribution < -0.4 is 15.6 Å². The smallest absolute Gasteiger partial charge is 0.306 e. The van der Waals surface area contributed by atoms with Crippen molar-refractivity contribution >= 4 is 22.9 Å². The molecule has 0 saturated heterocycles. The quantitative estimate of drug-likeness (QED) is 0.531. The highest BCUT2D eigenvalue weighted by Gasteiger charge is 2.15. The van der Waals surface area contributed by atoms with Gasteiger partial charge in [-0.1, -0.05) is 19.1 Å². The summed E-state index contributed by atoms with van der Waals surface area (Å²) in [4.78, 5) is 41.3. The van der Waals surface area contributed by atoms with Gasteiger partial charge in [0.25, 0.3) is 11.5 Å². The molecule has 8 nitrogen and oxygen atoms in total. The van der Waals surface area contributed by atoms with Crippen LogP contribution in [0.5, 0.6) is 5.75 Å². The molecule has 2 aromatic carbocycles. The zero-order valence-electron chi connectivity index (χ0n) is 17.6. The maximum absolute atomic E-state index is 13.2. The van der Waals surface area contributed by atoms with Gasteiger partial charge in [-0.3, -0.25) is 19.0 Å². The number of ether oxygens (including phenoxy) is 2. The van der Waals surface area contributed by atoms with E-state index in [9.17, 15) is 14.4 Å². The highest BCUT2D eigenvalue weighted by molar-refractivity contribution is 5.80. The number of aromatic nitrogens is 2. The van der Waals surface area contributed by atoms with E-state index in [0.717, 1.165) is 6.42 Å². The fourth-order valence-electron chi connectivity index (χ4n) is 3.08. The molecule has 0 unspecified atom stereocenters. The standard InChI is InChI=1S/C23H25N3O5/c1-3-14-24-21(27)15-31-22(28)13-12-19-23(29)26(16-8-10-17(30-2)11-9-16)20-7-5-4-6-18(20)25-19/h4-11H,3,12-15H2,1-2H3,(H,24,27). The number of hydrogen-bond donors (Lipinski definition) is 1. The van der Waals surface area contributed by atoms with Crippen molar-refractivity contribution in [3.63, 3.8) is 0 Å². The van der Waals surface area contributed by atoms with Crippen LogP contribution in [0.3, 0.4) is 0 Å². The first-order chi connectivity index (χ1) is 15.0. The summed E-state index contributed by atoms with van der Waals surface area (Å²) in [5.74, 6) is -0.223. The van der Waals surface area contributed by atoms with Gasteiger partial charge < -0.3 is 14.8 Å². The Labute approximate surface area is 179 Å². The maximum atomic E-state index is 13.2. The monoisotopic (exact) mass is 423 g/mol. The Bertz CT molecular complexity index is 1120. The number of esters is 1. The molecule has 0 fully saturated rings. The van der Waals surface area contributed by atoms with E-state index in [1.54, 1.807) is 35.9 Å². The van der Waals surface area contributed by atoms with Crippen molar-refractivity contribution in [3.05, 3.63) is 64.6 Å². The number of aryl methyl sites for hydroxylation is 1. The van der Waals surface area contributed by atoms with Crippen LogP contribution in [0.4, 0.5) is 0 Å². The van der Waals surface area contributed by atoms with Crippen molar-refractivity contribution in [1.29, 1.82) is 0 Å². The summed E-state index contributed by atoms with van der Waals surface area (Å²) < 4.78 is 11.8. The second kappa shape index (κ2) is 10.4. The zero-order valence-corrected chi connectivity index (χ0v) is 17.6. The summed E-state index contributed by atoms with van der Waals surface area (Å²) >= 11 is 0. The van der Waals surface area contributed by atoms with Gasteiger partial charge in [0.15, 0.2) is 6.61 Å². The molecule has 3 rings (SSSR count). The lowest BCUT2D eigenvalue weighted by Crippen LogP contribution is -2.29. The van der Waals surface area contributed by atoms with Crippen molar-refractivity contribution < 1.29 is 19.1 Å². The molecule has 1 N–H and O–H groups in total. The molecule has 0 radical (unpaired) electrons. The molecule has 0 aliphatic rings. The van der Waals surface area contributed by atoms with Crippen LogP contribution in [0.25, 0.3) is 16.7 Å². The third kappa shape index (κ3) is 5.48. The molecule has 0 spiro atoms. The normalized spacial score (nSPS) is 10.6. The summed E-state index contributed by atoms with van der Waals surface area (Å²) in [6, 6.07) is 14.4.